The Balaban J connectivity index is 1.56. The molecule has 1 heterocycles. The molecule has 0 aromatic heterocycles. The van der Waals surface area contributed by atoms with Crippen LogP contribution in [-0.4, -0.2) is 78.0 Å². The number of amides is 2. The van der Waals surface area contributed by atoms with Gasteiger partial charge in [0, 0.05) is 23.5 Å². The van der Waals surface area contributed by atoms with E-state index in [2.05, 4.69) is 20.9 Å². The smallest absolute Gasteiger partial charge is 0.243 e. The first-order chi connectivity index (χ1) is 24.2. The average molecular weight is 752 g/mol. The van der Waals surface area contributed by atoms with Gasteiger partial charge in [0.25, 0.3) is 0 Å². The van der Waals surface area contributed by atoms with E-state index < -0.39 is 56.7 Å². The molecule has 5 atom stereocenters. The largest absolute Gasteiger partial charge is 0.390 e. The van der Waals surface area contributed by atoms with E-state index in [4.69, 9.17) is 0 Å². The maximum Gasteiger partial charge on any atom is 0.243 e. The number of rotatable bonds is 16. The molecular formula is C40H57N5O5S2. The number of allylic oxidation sites excluding steroid dienone is 1. The number of thioether (sulfide) groups is 1. The summed E-state index contributed by atoms with van der Waals surface area (Å²) in [4.78, 5) is 33.4. The van der Waals surface area contributed by atoms with E-state index in [9.17, 15) is 23.1 Å². The predicted octanol–water partition coefficient (Wildman–Crippen LogP) is 5.51. The third-order valence-electron chi connectivity index (χ3n) is 9.59. The van der Waals surface area contributed by atoms with Crippen LogP contribution in [0.15, 0.2) is 87.6 Å². The molecule has 0 bridgehead atoms. The molecule has 0 saturated carbocycles. The number of carbonyl (C=O) groups excluding carboxylic acids is 2. The summed E-state index contributed by atoms with van der Waals surface area (Å²) in [5, 5.41) is 21.2. The zero-order valence-electron chi connectivity index (χ0n) is 32.0. The van der Waals surface area contributed by atoms with E-state index in [-0.39, 0.29) is 36.2 Å². The van der Waals surface area contributed by atoms with Gasteiger partial charge >= 0.3 is 0 Å². The summed E-state index contributed by atoms with van der Waals surface area (Å²) in [5.74, 6) is -0.838. The number of fused-ring (bicyclic) bond motifs is 1. The molecule has 1 unspecified atom stereocenters. The molecule has 4 rings (SSSR count). The second kappa shape index (κ2) is 16.8. The summed E-state index contributed by atoms with van der Waals surface area (Å²) in [5.41, 5.74) is 1.96. The summed E-state index contributed by atoms with van der Waals surface area (Å²) < 4.78 is 29.7. The van der Waals surface area contributed by atoms with Crippen LogP contribution < -0.4 is 16.0 Å². The molecule has 0 spiro atoms. The molecule has 284 valence electrons. The van der Waals surface area contributed by atoms with Crippen molar-refractivity contribution in [2.45, 2.75) is 110 Å². The first kappa shape index (κ1) is 41.5. The molecule has 52 heavy (non-hydrogen) atoms. The van der Waals surface area contributed by atoms with Gasteiger partial charge in [0.15, 0.2) is 0 Å². The highest BCUT2D eigenvalue weighted by Crippen LogP contribution is 2.43. The zero-order chi connectivity index (χ0) is 38.5. The van der Waals surface area contributed by atoms with Crippen LogP contribution in [0.3, 0.4) is 0 Å². The molecule has 0 radical (unpaired) electrons. The third-order valence-corrected chi connectivity index (χ3v) is 12.5. The van der Waals surface area contributed by atoms with E-state index in [1.54, 1.807) is 24.6 Å². The summed E-state index contributed by atoms with van der Waals surface area (Å²) in [6, 6.07) is 16.8. The second-order valence-electron chi connectivity index (χ2n) is 16.2. The van der Waals surface area contributed by atoms with Gasteiger partial charge < -0.3 is 15.7 Å². The molecule has 2 amide bonds. The predicted molar refractivity (Wildman–Crippen MR) is 212 cm³/mol. The molecule has 0 fully saturated rings. The second-order valence-corrected chi connectivity index (χ2v) is 19.0. The van der Waals surface area contributed by atoms with Gasteiger partial charge in [0.05, 0.1) is 34.2 Å². The maximum atomic E-state index is 14.2. The van der Waals surface area contributed by atoms with E-state index in [0.29, 0.717) is 6.42 Å². The molecule has 10 nitrogen and oxygen atoms in total. The van der Waals surface area contributed by atoms with E-state index >= 15 is 0 Å². The van der Waals surface area contributed by atoms with Crippen molar-refractivity contribution in [2.75, 3.05) is 13.1 Å². The van der Waals surface area contributed by atoms with Crippen molar-refractivity contribution >= 4 is 39.1 Å². The topological polar surface area (TPSA) is 140 Å². The fraction of sp³-hybridized carbons (Fsp3) is 0.525. The van der Waals surface area contributed by atoms with Crippen molar-refractivity contribution in [1.29, 1.82) is 0 Å². The van der Waals surface area contributed by atoms with Crippen LogP contribution in [0.2, 0.25) is 0 Å². The van der Waals surface area contributed by atoms with Crippen molar-refractivity contribution in [3.05, 3.63) is 93.8 Å². The fourth-order valence-corrected chi connectivity index (χ4v) is 9.23. The highest BCUT2D eigenvalue weighted by Gasteiger charge is 2.40. The molecular weight excluding hydrogens is 695 g/mol. The van der Waals surface area contributed by atoms with Crippen LogP contribution in [0.25, 0.3) is 0 Å². The lowest BCUT2D eigenvalue weighted by molar-refractivity contribution is -0.133. The van der Waals surface area contributed by atoms with Gasteiger partial charge in [-0.1, -0.05) is 113 Å². The number of benzene rings is 2. The first-order valence-corrected chi connectivity index (χ1v) is 20.3. The van der Waals surface area contributed by atoms with Gasteiger partial charge in [0.2, 0.25) is 21.8 Å². The lowest BCUT2D eigenvalue weighted by atomic mass is 9.85. The Bertz CT molecular complexity index is 1750. The number of nitrogens with one attached hydrogen (secondary N) is 3. The molecule has 1 aliphatic carbocycles. The first-order valence-electron chi connectivity index (χ1n) is 18.0. The van der Waals surface area contributed by atoms with Gasteiger partial charge in [-0.15, -0.1) is 0 Å². The number of sulfonamides is 1. The van der Waals surface area contributed by atoms with Crippen molar-refractivity contribution in [3.8, 4) is 0 Å². The van der Waals surface area contributed by atoms with E-state index in [1.165, 1.54) is 16.1 Å². The van der Waals surface area contributed by atoms with Gasteiger partial charge in [0.1, 0.15) is 6.04 Å². The number of carbonyl (C=O) groups is 2. The highest BCUT2D eigenvalue weighted by atomic mass is 32.2. The van der Waals surface area contributed by atoms with Gasteiger partial charge in [-0.25, -0.2) is 8.42 Å². The normalized spacial score (nSPS) is 20.1. The molecule has 4 N–H and O–H groups in total. The zero-order valence-corrected chi connectivity index (χ0v) is 33.6. The monoisotopic (exact) mass is 751 g/mol. The Morgan fingerprint density at radius 1 is 0.942 bits per heavy atom. The Labute approximate surface area is 315 Å². The van der Waals surface area contributed by atoms with Gasteiger partial charge in [-0.3, -0.25) is 19.9 Å². The number of hydrogen-bond donors (Lipinski definition) is 4. The molecule has 2 aromatic rings. The van der Waals surface area contributed by atoms with Crippen molar-refractivity contribution in [3.63, 3.8) is 0 Å². The van der Waals surface area contributed by atoms with Crippen molar-refractivity contribution in [2.24, 2.45) is 16.3 Å². The average Bonchev–Trinajstić information content (AvgIpc) is 3.47. The van der Waals surface area contributed by atoms with Crippen LogP contribution in [-0.2, 0) is 31.6 Å². The van der Waals surface area contributed by atoms with E-state index in [1.807, 2.05) is 116 Å². The molecule has 2 aromatic carbocycles. The van der Waals surface area contributed by atoms with Crippen molar-refractivity contribution < 1.29 is 23.1 Å². The summed E-state index contributed by atoms with van der Waals surface area (Å²) >= 11 is 1.42. The Hall–Kier alpha value is -3.29. The quantitative estimate of drug-likeness (QED) is 0.177. The Morgan fingerprint density at radius 3 is 2.15 bits per heavy atom. The van der Waals surface area contributed by atoms with Crippen LogP contribution in [0.1, 0.15) is 79.9 Å². The van der Waals surface area contributed by atoms with Crippen LogP contribution in [0, 0.1) is 11.3 Å². The Morgan fingerprint density at radius 2 is 1.56 bits per heavy atom. The van der Waals surface area contributed by atoms with Gasteiger partial charge in [-0.05, 0) is 69.1 Å². The maximum absolute atomic E-state index is 14.2. The molecule has 0 saturated heterocycles. The van der Waals surface area contributed by atoms with Crippen LogP contribution in [0.5, 0.6) is 0 Å². The lowest BCUT2D eigenvalue weighted by Gasteiger charge is -2.36. The minimum absolute atomic E-state index is 0.0293. The lowest BCUT2D eigenvalue weighted by Crippen LogP contribution is -2.61. The highest BCUT2D eigenvalue weighted by molar-refractivity contribution is 8.15. The molecule has 2 aliphatic rings. The number of nitrogens with zero attached hydrogens (tertiary/aromatic N) is 2. The number of aliphatic imine (C=N–C) groups is 1. The molecule has 12 heteroatoms. The SMILES string of the molecule is CC(C)CN(C[C@@H](O)[C@H](Cc1ccccc1)NC(=O)[C@@H](NC(=O)[C@@H](C)NC(C)(C)c1ccccc1)C(C)(C)C)S(=O)(=O)C1=CCC2(C)N=CSC2=C1. The third kappa shape index (κ3) is 10.4. The summed E-state index contributed by atoms with van der Waals surface area (Å²) in [6.07, 6.45) is 2.83. The van der Waals surface area contributed by atoms with E-state index in [0.717, 1.165) is 16.0 Å². The number of aliphatic hydroxyl groups excluding tert-OH is 1. The van der Waals surface area contributed by atoms with Crippen LogP contribution in [0.4, 0.5) is 0 Å². The fourth-order valence-electron chi connectivity index (χ4n) is 6.47. The summed E-state index contributed by atoms with van der Waals surface area (Å²) in [7, 11) is -4.00. The van der Waals surface area contributed by atoms with Gasteiger partial charge in [-0.2, -0.15) is 4.31 Å². The number of aliphatic hydroxyl groups is 1. The minimum atomic E-state index is -4.00. The summed E-state index contributed by atoms with van der Waals surface area (Å²) in [6.45, 7) is 17.2. The number of hydrogen-bond acceptors (Lipinski definition) is 8. The standard InChI is InChI=1S/C40H57N5O5S2/c1-27(2)24-45(52(49,50)31-20-21-40(9)34(23-31)51-26-41-40)25-33(46)32(22-29-16-12-10-13-17-29)42-37(48)35(38(4,5)6)43-36(47)28(3)44-39(7,8)30-18-14-11-15-19-30/h10-20,23,26-28,32-33,35,44,46H,21-22,24-25H2,1-9H3,(H,42,48)(H,43,47)/t28-,32+,33-,35-,40?/m1/s1. The molecule has 1 aliphatic heterocycles. The van der Waals surface area contributed by atoms with Crippen molar-refractivity contribution in [1.82, 2.24) is 20.3 Å². The van der Waals surface area contributed by atoms with Crippen LogP contribution >= 0.6 is 11.8 Å². The Kier molecular flexibility index (Phi) is 13.4. The minimum Gasteiger partial charge on any atom is -0.390 e.